The number of hydrogen-bond acceptors (Lipinski definition) is 2. The highest BCUT2D eigenvalue weighted by Crippen LogP contribution is 2.32. The predicted octanol–water partition coefficient (Wildman–Crippen LogP) is 4.15. The van der Waals surface area contributed by atoms with Crippen LogP contribution in [0, 0.1) is 11.8 Å². The van der Waals surface area contributed by atoms with Crippen LogP contribution < -0.4 is 5.32 Å². The van der Waals surface area contributed by atoms with Gasteiger partial charge in [-0.15, -0.1) is 0 Å². The third-order valence-electron chi connectivity index (χ3n) is 4.03. The average Bonchev–Trinajstić information content (AvgIpc) is 2.39. The number of nitrogens with one attached hydrogen (secondary N) is 1. The minimum absolute atomic E-state index is 0.227. The topological polar surface area (TPSA) is 21.3 Å². The molecule has 0 heterocycles. The zero-order valence-corrected chi connectivity index (χ0v) is 12.5. The molecule has 0 aliphatic heterocycles. The van der Waals surface area contributed by atoms with Gasteiger partial charge < -0.3 is 10.1 Å². The van der Waals surface area contributed by atoms with E-state index in [9.17, 15) is 13.2 Å². The second-order valence-corrected chi connectivity index (χ2v) is 5.82. The molecule has 1 fully saturated rings. The molecule has 0 radical (unpaired) electrons. The molecule has 0 spiro atoms. The Morgan fingerprint density at radius 3 is 2.50 bits per heavy atom. The van der Waals surface area contributed by atoms with Crippen LogP contribution in [0.15, 0.2) is 0 Å². The number of rotatable bonds is 9. The van der Waals surface area contributed by atoms with Gasteiger partial charge >= 0.3 is 6.18 Å². The third kappa shape index (κ3) is 8.10. The van der Waals surface area contributed by atoms with Crippen molar-refractivity contribution in [2.24, 2.45) is 11.8 Å². The van der Waals surface area contributed by atoms with Gasteiger partial charge in [0.1, 0.15) is 6.61 Å². The van der Waals surface area contributed by atoms with Crippen LogP contribution in [0.3, 0.4) is 0 Å². The molecule has 0 aromatic carbocycles. The highest BCUT2D eigenvalue weighted by molar-refractivity contribution is 4.77. The van der Waals surface area contributed by atoms with Gasteiger partial charge in [-0.3, -0.25) is 0 Å². The fourth-order valence-corrected chi connectivity index (χ4v) is 3.03. The first-order valence-electron chi connectivity index (χ1n) is 7.88. The van der Waals surface area contributed by atoms with Crippen LogP contribution in [0.2, 0.25) is 0 Å². The maximum Gasteiger partial charge on any atom is 0.411 e. The van der Waals surface area contributed by atoms with E-state index >= 15 is 0 Å². The number of ether oxygens (including phenoxy) is 1. The van der Waals surface area contributed by atoms with Gasteiger partial charge in [-0.2, -0.15) is 13.2 Å². The summed E-state index contributed by atoms with van der Waals surface area (Å²) < 4.78 is 40.5. The zero-order chi connectivity index (χ0) is 14.8. The summed E-state index contributed by atoms with van der Waals surface area (Å²) in [7, 11) is 0. The molecule has 0 amide bonds. The smallest absolute Gasteiger partial charge is 0.372 e. The molecule has 1 rings (SSSR count). The van der Waals surface area contributed by atoms with Crippen LogP contribution in [0.25, 0.3) is 0 Å². The van der Waals surface area contributed by atoms with Gasteiger partial charge in [0.2, 0.25) is 0 Å². The third-order valence-corrected chi connectivity index (χ3v) is 4.03. The lowest BCUT2D eigenvalue weighted by Gasteiger charge is -2.32. The van der Waals surface area contributed by atoms with Crippen molar-refractivity contribution in [3.8, 4) is 0 Å². The van der Waals surface area contributed by atoms with Crippen molar-refractivity contribution in [2.45, 2.75) is 58.0 Å². The predicted molar refractivity (Wildman–Crippen MR) is 74.7 cm³/mol. The van der Waals surface area contributed by atoms with Gasteiger partial charge in [0, 0.05) is 6.61 Å². The molecule has 0 bridgehead atoms. The van der Waals surface area contributed by atoms with E-state index in [1.807, 2.05) is 0 Å². The molecule has 0 aromatic heterocycles. The molecule has 2 atom stereocenters. The minimum atomic E-state index is -4.20. The summed E-state index contributed by atoms with van der Waals surface area (Å²) in [5.74, 6) is 1.35. The van der Waals surface area contributed by atoms with Crippen molar-refractivity contribution in [3.05, 3.63) is 0 Å². The molecule has 1 aliphatic rings. The Bertz CT molecular complexity index is 246. The Morgan fingerprint density at radius 2 is 1.85 bits per heavy atom. The molecule has 0 saturated heterocycles. The lowest BCUT2D eigenvalue weighted by molar-refractivity contribution is -0.174. The molecule has 2 unspecified atom stereocenters. The highest BCUT2D eigenvalue weighted by atomic mass is 19.4. The molecular weight excluding hydrogens is 267 g/mol. The van der Waals surface area contributed by atoms with E-state index in [0.717, 1.165) is 32.4 Å². The van der Waals surface area contributed by atoms with Crippen molar-refractivity contribution >= 4 is 0 Å². The maximum absolute atomic E-state index is 11.9. The summed E-state index contributed by atoms with van der Waals surface area (Å²) in [6.07, 6.45) is 3.71. The highest BCUT2D eigenvalue weighted by Gasteiger charge is 2.27. The van der Waals surface area contributed by atoms with Crippen molar-refractivity contribution in [3.63, 3.8) is 0 Å². The van der Waals surface area contributed by atoms with Gasteiger partial charge in [0.05, 0.1) is 0 Å². The summed E-state index contributed by atoms with van der Waals surface area (Å²) in [4.78, 5) is 0. The van der Waals surface area contributed by atoms with Crippen molar-refractivity contribution in [1.82, 2.24) is 5.32 Å². The van der Waals surface area contributed by atoms with Gasteiger partial charge in [0.25, 0.3) is 0 Å². The van der Waals surface area contributed by atoms with E-state index in [1.54, 1.807) is 0 Å². The minimum Gasteiger partial charge on any atom is -0.372 e. The SMILES string of the molecule is CCCNCC1CCCCC1CCCOCC(F)(F)F. The van der Waals surface area contributed by atoms with Crippen LogP contribution >= 0.6 is 0 Å². The van der Waals surface area contributed by atoms with Crippen LogP contribution in [0.5, 0.6) is 0 Å². The Morgan fingerprint density at radius 1 is 1.15 bits per heavy atom. The zero-order valence-electron chi connectivity index (χ0n) is 12.5. The molecule has 5 heteroatoms. The number of hydrogen-bond donors (Lipinski definition) is 1. The normalized spacial score (nSPS) is 24.0. The molecule has 1 saturated carbocycles. The number of halogens is 3. The van der Waals surface area contributed by atoms with E-state index in [4.69, 9.17) is 0 Å². The molecule has 120 valence electrons. The standard InChI is InChI=1S/C15H28F3NO/c1-2-9-19-11-14-7-4-3-6-13(14)8-5-10-20-12-15(16,17)18/h13-14,19H,2-12H2,1H3. The van der Waals surface area contributed by atoms with E-state index < -0.39 is 12.8 Å². The first-order chi connectivity index (χ1) is 9.53. The molecule has 0 aromatic rings. The van der Waals surface area contributed by atoms with Crippen LogP contribution in [-0.4, -0.2) is 32.5 Å². The fraction of sp³-hybridized carbons (Fsp3) is 1.00. The summed E-state index contributed by atoms with van der Waals surface area (Å²) in [5, 5.41) is 3.48. The quantitative estimate of drug-likeness (QED) is 0.645. The first kappa shape index (κ1) is 17.8. The summed E-state index contributed by atoms with van der Waals surface area (Å²) in [5.41, 5.74) is 0. The van der Waals surface area contributed by atoms with Gasteiger partial charge in [-0.25, -0.2) is 0 Å². The summed E-state index contributed by atoms with van der Waals surface area (Å²) >= 11 is 0. The van der Waals surface area contributed by atoms with E-state index in [-0.39, 0.29) is 6.61 Å². The van der Waals surface area contributed by atoms with Crippen molar-refractivity contribution in [2.75, 3.05) is 26.3 Å². The molecule has 1 N–H and O–H groups in total. The Balaban J connectivity index is 2.15. The Hall–Kier alpha value is -0.290. The fourth-order valence-electron chi connectivity index (χ4n) is 3.03. The van der Waals surface area contributed by atoms with E-state index in [1.165, 1.54) is 25.7 Å². The van der Waals surface area contributed by atoms with Crippen molar-refractivity contribution in [1.29, 1.82) is 0 Å². The summed E-state index contributed by atoms with van der Waals surface area (Å²) in [6, 6.07) is 0. The Labute approximate surface area is 120 Å². The average molecular weight is 295 g/mol. The lowest BCUT2D eigenvalue weighted by atomic mass is 9.77. The second-order valence-electron chi connectivity index (χ2n) is 5.82. The molecule has 1 aliphatic carbocycles. The maximum atomic E-state index is 11.9. The van der Waals surface area contributed by atoms with Crippen molar-refractivity contribution < 1.29 is 17.9 Å². The van der Waals surface area contributed by atoms with Crippen LogP contribution in [0.4, 0.5) is 13.2 Å². The number of alkyl halides is 3. The largest absolute Gasteiger partial charge is 0.411 e. The van der Waals surface area contributed by atoms with Gasteiger partial charge in [-0.1, -0.05) is 26.2 Å². The monoisotopic (exact) mass is 295 g/mol. The second kappa shape index (κ2) is 9.61. The molecule has 20 heavy (non-hydrogen) atoms. The molecular formula is C15H28F3NO. The lowest BCUT2D eigenvalue weighted by Crippen LogP contribution is -2.31. The van der Waals surface area contributed by atoms with Gasteiger partial charge in [0.15, 0.2) is 0 Å². The van der Waals surface area contributed by atoms with Gasteiger partial charge in [-0.05, 0) is 50.6 Å². The Kier molecular flexibility index (Phi) is 8.53. The van der Waals surface area contributed by atoms with Crippen LogP contribution in [0.1, 0.15) is 51.9 Å². The van der Waals surface area contributed by atoms with Crippen LogP contribution in [-0.2, 0) is 4.74 Å². The molecule has 2 nitrogen and oxygen atoms in total. The van der Waals surface area contributed by atoms with E-state index in [0.29, 0.717) is 11.8 Å². The summed E-state index contributed by atoms with van der Waals surface area (Å²) in [6.45, 7) is 3.38. The first-order valence-corrected chi connectivity index (χ1v) is 7.88. The van der Waals surface area contributed by atoms with E-state index in [2.05, 4.69) is 17.0 Å².